The Morgan fingerprint density at radius 1 is 1.24 bits per heavy atom. The molecule has 0 bridgehead atoms. The van der Waals surface area contributed by atoms with E-state index in [9.17, 15) is 4.79 Å². The van der Waals surface area contributed by atoms with Gasteiger partial charge < -0.3 is 15.6 Å². The van der Waals surface area contributed by atoms with Crippen LogP contribution >= 0.6 is 12.4 Å². The van der Waals surface area contributed by atoms with Crippen molar-refractivity contribution in [3.8, 4) is 0 Å². The third-order valence-electron chi connectivity index (χ3n) is 5.22. The lowest BCUT2D eigenvalue weighted by molar-refractivity contribution is -0.121. The minimum atomic E-state index is 0. The number of amides is 1. The summed E-state index contributed by atoms with van der Waals surface area (Å²) in [6, 6.07) is 6.46. The number of H-pyrrole nitrogens is 1. The number of aryl methyl sites for hydroxylation is 1. The van der Waals surface area contributed by atoms with Gasteiger partial charge in [0.15, 0.2) is 0 Å². The zero-order valence-electron chi connectivity index (χ0n) is 15.1. The Hall–Kier alpha value is -1.52. The lowest BCUT2D eigenvalue weighted by Crippen LogP contribution is -2.30. The first-order valence-corrected chi connectivity index (χ1v) is 9.33. The van der Waals surface area contributed by atoms with E-state index >= 15 is 0 Å². The Labute approximate surface area is 156 Å². The number of piperidine rings is 1. The van der Waals surface area contributed by atoms with Crippen molar-refractivity contribution in [1.29, 1.82) is 0 Å². The molecule has 0 aliphatic carbocycles. The van der Waals surface area contributed by atoms with Crippen molar-refractivity contribution in [3.63, 3.8) is 0 Å². The van der Waals surface area contributed by atoms with Gasteiger partial charge in [-0.15, -0.1) is 12.4 Å². The number of benzene rings is 1. The average Bonchev–Trinajstić information content (AvgIpc) is 3.04. The van der Waals surface area contributed by atoms with E-state index in [1.807, 2.05) is 0 Å². The lowest BCUT2D eigenvalue weighted by Gasteiger charge is -2.22. The predicted molar refractivity (Wildman–Crippen MR) is 106 cm³/mol. The fraction of sp³-hybridized carbons (Fsp3) is 0.550. The van der Waals surface area contributed by atoms with E-state index in [0.29, 0.717) is 13.0 Å². The van der Waals surface area contributed by atoms with E-state index in [2.05, 4.69) is 46.9 Å². The van der Waals surface area contributed by atoms with Gasteiger partial charge in [-0.1, -0.05) is 25.1 Å². The third-order valence-corrected chi connectivity index (χ3v) is 5.22. The number of aromatic nitrogens is 1. The topological polar surface area (TPSA) is 56.9 Å². The minimum Gasteiger partial charge on any atom is -0.361 e. The van der Waals surface area contributed by atoms with Crippen LogP contribution in [0.2, 0.25) is 0 Å². The number of nitrogens with one attached hydrogen (secondary N) is 3. The second kappa shape index (κ2) is 9.83. The van der Waals surface area contributed by atoms with Crippen molar-refractivity contribution in [2.45, 2.75) is 45.4 Å². The first-order valence-electron chi connectivity index (χ1n) is 9.33. The maximum atomic E-state index is 12.0. The molecule has 4 nitrogen and oxygen atoms in total. The molecule has 0 radical (unpaired) electrons. The molecule has 2 aromatic rings. The van der Waals surface area contributed by atoms with Crippen molar-refractivity contribution in [3.05, 3.63) is 35.5 Å². The standard InChI is InChI=1S/C20H29N3O.ClH/c1-2-16-4-3-5-18-17(14-23-20(16)18)10-13-22-19(24)7-6-15-8-11-21-12-9-15;/h3-5,14-15,21,23H,2,6-13H2,1H3,(H,22,24);1H. The van der Waals surface area contributed by atoms with Crippen molar-refractivity contribution < 1.29 is 4.79 Å². The molecule has 1 amide bonds. The van der Waals surface area contributed by atoms with Gasteiger partial charge in [0.2, 0.25) is 5.91 Å². The van der Waals surface area contributed by atoms with E-state index in [1.54, 1.807) is 0 Å². The molecule has 1 aromatic carbocycles. The largest absolute Gasteiger partial charge is 0.361 e. The van der Waals surface area contributed by atoms with Gasteiger partial charge in [-0.2, -0.15) is 0 Å². The van der Waals surface area contributed by atoms with Crippen LogP contribution < -0.4 is 10.6 Å². The van der Waals surface area contributed by atoms with Gasteiger partial charge >= 0.3 is 0 Å². The number of fused-ring (bicyclic) bond motifs is 1. The summed E-state index contributed by atoms with van der Waals surface area (Å²) in [7, 11) is 0. The van der Waals surface area contributed by atoms with E-state index in [1.165, 1.54) is 34.9 Å². The molecular formula is C20H30ClN3O. The number of hydrogen-bond donors (Lipinski definition) is 3. The van der Waals surface area contributed by atoms with Gasteiger partial charge in [0, 0.05) is 30.1 Å². The van der Waals surface area contributed by atoms with Crippen molar-refractivity contribution in [1.82, 2.24) is 15.6 Å². The summed E-state index contributed by atoms with van der Waals surface area (Å²) in [4.78, 5) is 15.4. The SMILES string of the molecule is CCc1cccc2c(CCNC(=O)CCC3CCNCC3)c[nH]c12.Cl. The lowest BCUT2D eigenvalue weighted by atomic mass is 9.93. The van der Waals surface area contributed by atoms with Crippen LogP contribution in [-0.2, 0) is 17.6 Å². The first-order chi connectivity index (χ1) is 11.8. The highest BCUT2D eigenvalue weighted by molar-refractivity contribution is 5.86. The highest BCUT2D eigenvalue weighted by atomic mass is 35.5. The number of carbonyl (C=O) groups is 1. The molecule has 25 heavy (non-hydrogen) atoms. The molecule has 1 aliphatic heterocycles. The van der Waals surface area contributed by atoms with Crippen LogP contribution in [0.3, 0.4) is 0 Å². The minimum absolute atomic E-state index is 0. The number of para-hydroxylation sites is 1. The third kappa shape index (κ3) is 5.23. The summed E-state index contributed by atoms with van der Waals surface area (Å²) < 4.78 is 0. The molecule has 0 spiro atoms. The number of rotatable bonds is 7. The highest BCUT2D eigenvalue weighted by Gasteiger charge is 2.14. The van der Waals surface area contributed by atoms with Crippen LogP contribution in [0, 0.1) is 5.92 Å². The Kier molecular flexibility index (Phi) is 7.79. The second-order valence-corrected chi connectivity index (χ2v) is 6.84. The highest BCUT2D eigenvalue weighted by Crippen LogP contribution is 2.22. The maximum Gasteiger partial charge on any atom is 0.220 e. The molecule has 0 atom stereocenters. The molecule has 5 heteroatoms. The molecular weight excluding hydrogens is 334 g/mol. The second-order valence-electron chi connectivity index (χ2n) is 6.84. The fourth-order valence-electron chi connectivity index (χ4n) is 3.71. The molecule has 0 unspecified atom stereocenters. The van der Waals surface area contributed by atoms with Crippen molar-refractivity contribution in [2.24, 2.45) is 5.92 Å². The van der Waals surface area contributed by atoms with Gasteiger partial charge in [0.25, 0.3) is 0 Å². The molecule has 138 valence electrons. The van der Waals surface area contributed by atoms with Crippen LogP contribution in [-0.4, -0.2) is 30.5 Å². The summed E-state index contributed by atoms with van der Waals surface area (Å²) >= 11 is 0. The van der Waals surface area contributed by atoms with E-state index in [4.69, 9.17) is 0 Å². The molecule has 1 saturated heterocycles. The molecule has 1 fully saturated rings. The average molecular weight is 364 g/mol. The van der Waals surface area contributed by atoms with Crippen LogP contribution in [0.4, 0.5) is 0 Å². The van der Waals surface area contributed by atoms with E-state index in [-0.39, 0.29) is 18.3 Å². The Morgan fingerprint density at radius 3 is 2.80 bits per heavy atom. The normalized spacial score (nSPS) is 15.1. The molecule has 3 N–H and O–H groups in total. The number of halogens is 1. The number of hydrogen-bond acceptors (Lipinski definition) is 2. The summed E-state index contributed by atoms with van der Waals surface area (Å²) in [6.45, 7) is 5.10. The molecule has 1 aromatic heterocycles. The van der Waals surface area contributed by atoms with Crippen LogP contribution in [0.25, 0.3) is 10.9 Å². The molecule has 3 rings (SSSR count). The van der Waals surface area contributed by atoms with Gasteiger partial charge in [0.05, 0.1) is 0 Å². The summed E-state index contributed by atoms with van der Waals surface area (Å²) in [5.41, 5.74) is 3.89. The summed E-state index contributed by atoms with van der Waals surface area (Å²) in [5, 5.41) is 7.75. The molecule has 1 aliphatic rings. The summed E-state index contributed by atoms with van der Waals surface area (Å²) in [6.07, 6.45) is 8.12. The van der Waals surface area contributed by atoms with Crippen molar-refractivity contribution >= 4 is 29.2 Å². The Bertz CT molecular complexity index is 677. The van der Waals surface area contributed by atoms with Gasteiger partial charge in [-0.05, 0) is 62.2 Å². The Morgan fingerprint density at radius 2 is 2.04 bits per heavy atom. The van der Waals surface area contributed by atoms with E-state index in [0.717, 1.165) is 38.3 Å². The zero-order valence-corrected chi connectivity index (χ0v) is 15.9. The maximum absolute atomic E-state index is 12.0. The Balaban J connectivity index is 0.00000225. The number of carbonyl (C=O) groups excluding carboxylic acids is 1. The van der Waals surface area contributed by atoms with Crippen LogP contribution in [0.1, 0.15) is 43.7 Å². The van der Waals surface area contributed by atoms with Gasteiger partial charge in [-0.3, -0.25) is 4.79 Å². The van der Waals surface area contributed by atoms with Crippen molar-refractivity contribution in [2.75, 3.05) is 19.6 Å². The van der Waals surface area contributed by atoms with Gasteiger partial charge in [0.1, 0.15) is 0 Å². The van der Waals surface area contributed by atoms with Crippen LogP contribution in [0.5, 0.6) is 0 Å². The fourth-order valence-corrected chi connectivity index (χ4v) is 3.71. The monoisotopic (exact) mass is 363 g/mol. The smallest absolute Gasteiger partial charge is 0.220 e. The zero-order chi connectivity index (χ0) is 16.8. The summed E-state index contributed by atoms with van der Waals surface area (Å²) in [5.74, 6) is 0.917. The predicted octanol–water partition coefficient (Wildman–Crippen LogP) is 3.59. The number of aromatic amines is 1. The quantitative estimate of drug-likeness (QED) is 0.704. The van der Waals surface area contributed by atoms with Crippen LogP contribution in [0.15, 0.2) is 24.4 Å². The van der Waals surface area contributed by atoms with Gasteiger partial charge in [-0.25, -0.2) is 0 Å². The molecule has 2 heterocycles. The first kappa shape index (κ1) is 19.8. The molecule has 0 saturated carbocycles. The van der Waals surface area contributed by atoms with E-state index < -0.39 is 0 Å².